The van der Waals surface area contributed by atoms with Gasteiger partial charge in [-0.1, -0.05) is 48.5 Å². The Morgan fingerprint density at radius 1 is 1.12 bits per heavy atom. The Labute approximate surface area is 152 Å². The molecule has 0 fully saturated rings. The molecule has 0 spiro atoms. The fourth-order valence-corrected chi connectivity index (χ4v) is 3.07. The lowest BCUT2D eigenvalue weighted by Gasteiger charge is -2.30. The van der Waals surface area contributed by atoms with Crippen LogP contribution in [0.15, 0.2) is 54.6 Å². The number of carbonyl (C=O) groups is 2. The molecule has 0 bridgehead atoms. The van der Waals surface area contributed by atoms with Crippen LogP contribution >= 0.6 is 0 Å². The van der Waals surface area contributed by atoms with Crippen LogP contribution in [0.4, 0.5) is 4.79 Å². The van der Waals surface area contributed by atoms with E-state index in [2.05, 4.69) is 16.0 Å². The van der Waals surface area contributed by atoms with Gasteiger partial charge in [-0.05, 0) is 18.6 Å². The zero-order chi connectivity index (χ0) is 18.4. The minimum Gasteiger partial charge on any atom is -0.493 e. The number of fused-ring (bicyclic) bond motifs is 1. The monoisotopic (exact) mass is 353 g/mol. The highest BCUT2D eigenvalue weighted by molar-refractivity contribution is 5.97. The SMILES string of the molecule is CCNC(=O)NC(=O)[C@@H](N[C@@H]1CCOc2ccccc21)c1ccccc1. The number of urea groups is 1. The number of benzene rings is 2. The van der Waals surface area contributed by atoms with E-state index in [1.54, 1.807) is 6.92 Å². The molecule has 0 aromatic heterocycles. The summed E-state index contributed by atoms with van der Waals surface area (Å²) in [7, 11) is 0. The van der Waals surface area contributed by atoms with Crippen LogP contribution in [0.2, 0.25) is 0 Å². The third-order valence-electron chi connectivity index (χ3n) is 4.30. The number of para-hydroxylation sites is 1. The van der Waals surface area contributed by atoms with Crippen molar-refractivity contribution in [3.05, 3.63) is 65.7 Å². The summed E-state index contributed by atoms with van der Waals surface area (Å²) in [5, 5.41) is 8.40. The van der Waals surface area contributed by atoms with Crippen molar-refractivity contribution in [1.29, 1.82) is 0 Å². The summed E-state index contributed by atoms with van der Waals surface area (Å²) in [6, 6.07) is 16.0. The Balaban J connectivity index is 1.83. The minimum atomic E-state index is -0.644. The maximum atomic E-state index is 12.7. The van der Waals surface area contributed by atoms with Gasteiger partial charge in [0.05, 0.1) is 6.61 Å². The van der Waals surface area contributed by atoms with E-state index in [-0.39, 0.29) is 11.9 Å². The number of hydrogen-bond donors (Lipinski definition) is 3. The number of imide groups is 1. The van der Waals surface area contributed by atoms with Crippen molar-refractivity contribution in [3.63, 3.8) is 0 Å². The van der Waals surface area contributed by atoms with Gasteiger partial charge in [-0.25, -0.2) is 4.79 Å². The molecule has 6 heteroatoms. The summed E-state index contributed by atoms with van der Waals surface area (Å²) in [5.41, 5.74) is 1.82. The van der Waals surface area contributed by atoms with Gasteiger partial charge in [0.25, 0.3) is 0 Å². The molecule has 3 N–H and O–H groups in total. The van der Waals surface area contributed by atoms with Crippen molar-refractivity contribution in [1.82, 2.24) is 16.0 Å². The van der Waals surface area contributed by atoms with Crippen LogP contribution in [0, 0.1) is 0 Å². The van der Waals surface area contributed by atoms with Gasteiger partial charge in [0, 0.05) is 24.6 Å². The molecule has 1 aliphatic rings. The molecule has 1 aliphatic heterocycles. The molecule has 2 aromatic rings. The molecule has 2 aromatic carbocycles. The largest absolute Gasteiger partial charge is 0.493 e. The highest BCUT2D eigenvalue weighted by Crippen LogP contribution is 2.33. The normalized spacial score (nSPS) is 16.7. The molecule has 0 radical (unpaired) electrons. The van der Waals surface area contributed by atoms with Crippen molar-refractivity contribution >= 4 is 11.9 Å². The Hall–Kier alpha value is -2.86. The van der Waals surface area contributed by atoms with Crippen molar-refractivity contribution in [3.8, 4) is 5.75 Å². The molecule has 6 nitrogen and oxygen atoms in total. The molecule has 3 amide bonds. The Bertz CT molecular complexity index is 764. The highest BCUT2D eigenvalue weighted by atomic mass is 16.5. The fourth-order valence-electron chi connectivity index (χ4n) is 3.07. The molecule has 136 valence electrons. The molecule has 2 atom stereocenters. The first-order valence-electron chi connectivity index (χ1n) is 8.80. The van der Waals surface area contributed by atoms with Crippen molar-refractivity contribution in [2.24, 2.45) is 0 Å². The number of carbonyl (C=O) groups excluding carboxylic acids is 2. The second-order valence-corrected chi connectivity index (χ2v) is 6.09. The van der Waals surface area contributed by atoms with Gasteiger partial charge in [0.1, 0.15) is 11.8 Å². The minimum absolute atomic E-state index is 0.0369. The van der Waals surface area contributed by atoms with Crippen LogP contribution in [0.25, 0.3) is 0 Å². The van der Waals surface area contributed by atoms with E-state index >= 15 is 0 Å². The number of ether oxygens (including phenoxy) is 1. The van der Waals surface area contributed by atoms with Crippen molar-refractivity contribution in [2.75, 3.05) is 13.2 Å². The van der Waals surface area contributed by atoms with Crippen molar-refractivity contribution < 1.29 is 14.3 Å². The van der Waals surface area contributed by atoms with Crippen LogP contribution in [0.1, 0.15) is 36.6 Å². The van der Waals surface area contributed by atoms with E-state index in [1.807, 2.05) is 54.6 Å². The summed E-state index contributed by atoms with van der Waals surface area (Å²) in [6.45, 7) is 2.83. The lowest BCUT2D eigenvalue weighted by atomic mass is 9.97. The first-order valence-corrected chi connectivity index (χ1v) is 8.80. The second-order valence-electron chi connectivity index (χ2n) is 6.09. The van der Waals surface area contributed by atoms with Crippen LogP contribution < -0.4 is 20.7 Å². The molecule has 1 heterocycles. The summed E-state index contributed by atoms with van der Waals surface area (Å²) in [5.74, 6) is 0.443. The third-order valence-corrected chi connectivity index (χ3v) is 4.30. The third kappa shape index (κ3) is 4.21. The summed E-state index contributed by atoms with van der Waals surface area (Å²) < 4.78 is 5.69. The van der Waals surface area contributed by atoms with E-state index in [4.69, 9.17) is 4.74 Å². The van der Waals surface area contributed by atoms with Gasteiger partial charge < -0.3 is 10.1 Å². The average Bonchev–Trinajstić information content (AvgIpc) is 2.67. The maximum Gasteiger partial charge on any atom is 0.321 e. The number of rotatable bonds is 5. The van der Waals surface area contributed by atoms with Crippen LogP contribution in [-0.4, -0.2) is 25.1 Å². The lowest BCUT2D eigenvalue weighted by molar-refractivity contribution is -0.122. The summed E-state index contributed by atoms with van der Waals surface area (Å²) in [6.07, 6.45) is 0.745. The zero-order valence-electron chi connectivity index (χ0n) is 14.7. The van der Waals surface area contributed by atoms with Crippen LogP contribution in [0.5, 0.6) is 5.75 Å². The van der Waals surface area contributed by atoms with Crippen molar-refractivity contribution in [2.45, 2.75) is 25.4 Å². The molecule has 0 saturated heterocycles. The number of amides is 3. The highest BCUT2D eigenvalue weighted by Gasteiger charge is 2.28. The standard InChI is InChI=1S/C20H23N3O3/c1-2-21-20(25)23-19(24)18(14-8-4-3-5-9-14)22-16-12-13-26-17-11-7-6-10-15(16)17/h3-11,16,18,22H,2,12-13H2,1H3,(H2,21,23,24,25)/t16-,18+/m1/s1. The molecule has 3 rings (SSSR count). The number of hydrogen-bond acceptors (Lipinski definition) is 4. The predicted octanol–water partition coefficient (Wildman–Crippen LogP) is 2.69. The Morgan fingerprint density at radius 3 is 2.62 bits per heavy atom. The summed E-state index contributed by atoms with van der Waals surface area (Å²) >= 11 is 0. The predicted molar refractivity (Wildman–Crippen MR) is 98.8 cm³/mol. The maximum absolute atomic E-state index is 12.7. The first-order chi connectivity index (χ1) is 12.7. The van der Waals surface area contributed by atoms with Gasteiger partial charge in [-0.3, -0.25) is 15.4 Å². The van der Waals surface area contributed by atoms with E-state index in [0.29, 0.717) is 13.2 Å². The molecular weight excluding hydrogens is 330 g/mol. The van der Waals surface area contributed by atoms with E-state index in [0.717, 1.165) is 23.3 Å². The topological polar surface area (TPSA) is 79.5 Å². The first kappa shape index (κ1) is 17.9. The van der Waals surface area contributed by atoms with E-state index in [9.17, 15) is 9.59 Å². The van der Waals surface area contributed by atoms with Crippen LogP contribution in [-0.2, 0) is 4.79 Å². The van der Waals surface area contributed by atoms with Crippen LogP contribution in [0.3, 0.4) is 0 Å². The Morgan fingerprint density at radius 2 is 1.85 bits per heavy atom. The molecule has 26 heavy (non-hydrogen) atoms. The summed E-state index contributed by atoms with van der Waals surface area (Å²) in [4.78, 5) is 24.5. The van der Waals surface area contributed by atoms with Gasteiger partial charge in [0.2, 0.25) is 5.91 Å². The van der Waals surface area contributed by atoms with Gasteiger partial charge >= 0.3 is 6.03 Å². The lowest BCUT2D eigenvalue weighted by Crippen LogP contribution is -2.46. The average molecular weight is 353 g/mol. The quantitative estimate of drug-likeness (QED) is 0.772. The second kappa shape index (κ2) is 8.49. The molecule has 0 aliphatic carbocycles. The van der Waals surface area contributed by atoms with E-state index < -0.39 is 12.1 Å². The number of nitrogens with one attached hydrogen (secondary N) is 3. The zero-order valence-corrected chi connectivity index (χ0v) is 14.7. The molecule has 0 unspecified atom stereocenters. The van der Waals surface area contributed by atoms with Gasteiger partial charge in [0.15, 0.2) is 0 Å². The fraction of sp³-hybridized carbons (Fsp3) is 0.300. The Kier molecular flexibility index (Phi) is 5.86. The smallest absolute Gasteiger partial charge is 0.321 e. The molecular formula is C20H23N3O3. The van der Waals surface area contributed by atoms with E-state index in [1.165, 1.54) is 0 Å². The molecule has 0 saturated carbocycles. The van der Waals surface area contributed by atoms with Gasteiger partial charge in [-0.2, -0.15) is 0 Å². The van der Waals surface area contributed by atoms with Gasteiger partial charge in [-0.15, -0.1) is 0 Å².